The number of H-pyrrole nitrogens is 1. The van der Waals surface area contributed by atoms with Crippen molar-refractivity contribution >= 4 is 23.3 Å². The topological polar surface area (TPSA) is 48.1 Å². The molecule has 0 atom stereocenters. The van der Waals surface area contributed by atoms with E-state index in [1.165, 1.54) is 0 Å². The molecule has 2 N–H and O–H groups in total. The van der Waals surface area contributed by atoms with Crippen molar-refractivity contribution in [3.05, 3.63) is 46.2 Å². The van der Waals surface area contributed by atoms with Crippen LogP contribution < -0.4 is 10.7 Å². The summed E-state index contributed by atoms with van der Waals surface area (Å²) in [4.78, 5) is 17.7. The van der Waals surface area contributed by atoms with E-state index in [9.17, 15) is 4.79 Å². The van der Waals surface area contributed by atoms with Crippen molar-refractivity contribution in [2.75, 3.05) is 26.2 Å². The molecule has 0 unspecified atom stereocenters. The van der Waals surface area contributed by atoms with Gasteiger partial charge < -0.3 is 10.3 Å². The van der Waals surface area contributed by atoms with Crippen LogP contribution in [0.2, 0.25) is 0 Å². The molecule has 1 aromatic heterocycles. The molecule has 5 heteroatoms. The van der Waals surface area contributed by atoms with Gasteiger partial charge in [-0.15, -0.1) is 12.4 Å². The van der Waals surface area contributed by atoms with Crippen molar-refractivity contribution in [3.63, 3.8) is 0 Å². The normalized spacial score (nSPS) is 16.2. The van der Waals surface area contributed by atoms with Crippen LogP contribution >= 0.6 is 12.4 Å². The second kappa shape index (κ2) is 6.19. The zero-order chi connectivity index (χ0) is 12.4. The van der Waals surface area contributed by atoms with E-state index in [2.05, 4.69) is 15.2 Å². The number of aromatic amines is 1. The summed E-state index contributed by atoms with van der Waals surface area (Å²) in [5, 5.41) is 4.09. The van der Waals surface area contributed by atoms with Gasteiger partial charge in [0.25, 0.3) is 0 Å². The molecule has 4 nitrogen and oxygen atoms in total. The third kappa shape index (κ3) is 3.15. The summed E-state index contributed by atoms with van der Waals surface area (Å²) in [6, 6.07) is 9.39. The number of halogens is 1. The van der Waals surface area contributed by atoms with E-state index in [0.717, 1.165) is 49.3 Å². The van der Waals surface area contributed by atoms with Crippen LogP contribution in [-0.2, 0) is 6.54 Å². The molecule has 19 heavy (non-hydrogen) atoms. The first-order valence-corrected chi connectivity index (χ1v) is 6.37. The number of para-hydroxylation sites is 1. The average molecular weight is 280 g/mol. The highest BCUT2D eigenvalue weighted by atomic mass is 35.5. The number of fused-ring (bicyclic) bond motifs is 1. The lowest BCUT2D eigenvalue weighted by atomic mass is 10.2. The van der Waals surface area contributed by atoms with Crippen LogP contribution in [0.1, 0.15) is 5.69 Å². The minimum atomic E-state index is 0. The maximum absolute atomic E-state index is 12.0. The molecule has 2 aromatic rings. The Morgan fingerprint density at radius 2 is 1.89 bits per heavy atom. The Bertz CT molecular complexity index is 605. The minimum absolute atomic E-state index is 0. The number of aromatic nitrogens is 1. The van der Waals surface area contributed by atoms with E-state index >= 15 is 0 Å². The van der Waals surface area contributed by atoms with E-state index in [1.54, 1.807) is 6.07 Å². The summed E-state index contributed by atoms with van der Waals surface area (Å²) in [7, 11) is 0. The van der Waals surface area contributed by atoms with Gasteiger partial charge in [-0.3, -0.25) is 9.69 Å². The van der Waals surface area contributed by atoms with Crippen LogP contribution in [0.15, 0.2) is 35.1 Å². The smallest absolute Gasteiger partial charge is 0.189 e. The number of nitrogens with one attached hydrogen (secondary N) is 2. The zero-order valence-electron chi connectivity index (χ0n) is 10.7. The molecule has 1 aliphatic heterocycles. The third-order valence-electron chi connectivity index (χ3n) is 3.40. The number of benzene rings is 1. The van der Waals surface area contributed by atoms with Gasteiger partial charge in [0.1, 0.15) is 0 Å². The quantitative estimate of drug-likeness (QED) is 0.873. The molecule has 0 saturated carbocycles. The van der Waals surface area contributed by atoms with Crippen LogP contribution in [0.25, 0.3) is 10.9 Å². The van der Waals surface area contributed by atoms with Crippen LogP contribution in [0.4, 0.5) is 0 Å². The maximum Gasteiger partial charge on any atom is 0.189 e. The largest absolute Gasteiger partial charge is 0.357 e. The van der Waals surface area contributed by atoms with E-state index < -0.39 is 0 Å². The number of hydrogen-bond acceptors (Lipinski definition) is 3. The van der Waals surface area contributed by atoms with Gasteiger partial charge in [-0.25, -0.2) is 0 Å². The fourth-order valence-electron chi connectivity index (χ4n) is 2.45. The Hall–Kier alpha value is -1.36. The van der Waals surface area contributed by atoms with Crippen molar-refractivity contribution < 1.29 is 0 Å². The first kappa shape index (κ1) is 14.1. The van der Waals surface area contributed by atoms with E-state index in [-0.39, 0.29) is 17.8 Å². The van der Waals surface area contributed by atoms with Gasteiger partial charge >= 0.3 is 0 Å². The Morgan fingerprint density at radius 1 is 1.16 bits per heavy atom. The molecule has 3 rings (SSSR count). The van der Waals surface area contributed by atoms with Crippen molar-refractivity contribution in [2.24, 2.45) is 0 Å². The van der Waals surface area contributed by atoms with Crippen LogP contribution in [-0.4, -0.2) is 36.1 Å². The van der Waals surface area contributed by atoms with E-state index in [0.29, 0.717) is 0 Å². The molecule has 0 radical (unpaired) electrons. The van der Waals surface area contributed by atoms with Crippen molar-refractivity contribution in [2.45, 2.75) is 6.54 Å². The van der Waals surface area contributed by atoms with Crippen LogP contribution in [0.3, 0.4) is 0 Å². The summed E-state index contributed by atoms with van der Waals surface area (Å²) < 4.78 is 0. The summed E-state index contributed by atoms with van der Waals surface area (Å²) in [5.41, 5.74) is 2.03. The average Bonchev–Trinajstić information content (AvgIpc) is 2.40. The molecule has 0 spiro atoms. The number of pyridine rings is 1. The molecule has 0 aliphatic carbocycles. The Balaban J connectivity index is 0.00000133. The minimum Gasteiger partial charge on any atom is -0.357 e. The van der Waals surface area contributed by atoms with Gasteiger partial charge in [0.05, 0.1) is 0 Å². The third-order valence-corrected chi connectivity index (χ3v) is 3.40. The Kier molecular flexibility index (Phi) is 4.58. The molecule has 2 heterocycles. The predicted octanol–water partition coefficient (Wildman–Crippen LogP) is 1.36. The molecule has 0 bridgehead atoms. The van der Waals surface area contributed by atoms with Gasteiger partial charge in [-0.2, -0.15) is 0 Å². The Morgan fingerprint density at radius 3 is 2.68 bits per heavy atom. The maximum atomic E-state index is 12.0. The summed E-state index contributed by atoms with van der Waals surface area (Å²) in [6.07, 6.45) is 0. The highest BCUT2D eigenvalue weighted by molar-refractivity contribution is 5.85. The van der Waals surface area contributed by atoms with Gasteiger partial charge in [0.15, 0.2) is 5.43 Å². The molecule has 1 aliphatic rings. The van der Waals surface area contributed by atoms with Gasteiger partial charge in [-0.1, -0.05) is 12.1 Å². The van der Waals surface area contributed by atoms with Gasteiger partial charge in [0, 0.05) is 55.4 Å². The number of hydrogen-bond donors (Lipinski definition) is 2. The van der Waals surface area contributed by atoms with E-state index in [1.807, 2.05) is 24.3 Å². The molecular weight excluding hydrogens is 262 g/mol. The summed E-state index contributed by atoms with van der Waals surface area (Å²) in [6.45, 7) is 4.95. The number of nitrogens with zero attached hydrogens (tertiary/aromatic N) is 1. The van der Waals surface area contributed by atoms with Crippen molar-refractivity contribution in [1.82, 2.24) is 15.2 Å². The molecule has 1 aromatic carbocycles. The fraction of sp³-hybridized carbons (Fsp3) is 0.357. The first-order chi connectivity index (χ1) is 8.83. The molecule has 1 fully saturated rings. The molecule has 1 saturated heterocycles. The zero-order valence-corrected chi connectivity index (χ0v) is 11.5. The predicted molar refractivity (Wildman–Crippen MR) is 80.0 cm³/mol. The first-order valence-electron chi connectivity index (χ1n) is 6.37. The Labute approximate surface area is 118 Å². The molecular formula is C14H18ClN3O. The number of rotatable bonds is 2. The second-order valence-electron chi connectivity index (χ2n) is 4.73. The monoisotopic (exact) mass is 279 g/mol. The van der Waals surface area contributed by atoms with Crippen LogP contribution in [0.5, 0.6) is 0 Å². The molecule has 102 valence electrons. The van der Waals surface area contributed by atoms with Crippen molar-refractivity contribution in [3.8, 4) is 0 Å². The highest BCUT2D eigenvalue weighted by Gasteiger charge is 2.11. The van der Waals surface area contributed by atoms with Gasteiger partial charge in [0.2, 0.25) is 0 Å². The summed E-state index contributed by atoms with van der Waals surface area (Å²) >= 11 is 0. The number of piperazine rings is 1. The highest BCUT2D eigenvalue weighted by Crippen LogP contribution is 2.09. The SMILES string of the molecule is Cl.O=c1cc(CN2CCNCC2)[nH]c2ccccc12. The lowest BCUT2D eigenvalue weighted by molar-refractivity contribution is 0.231. The van der Waals surface area contributed by atoms with Gasteiger partial charge in [-0.05, 0) is 12.1 Å². The second-order valence-corrected chi connectivity index (χ2v) is 4.73. The van der Waals surface area contributed by atoms with E-state index in [4.69, 9.17) is 0 Å². The lowest BCUT2D eigenvalue weighted by Gasteiger charge is -2.27. The van der Waals surface area contributed by atoms with Crippen LogP contribution in [0, 0.1) is 0 Å². The fourth-order valence-corrected chi connectivity index (χ4v) is 2.45. The summed E-state index contributed by atoms with van der Waals surface area (Å²) in [5.74, 6) is 0. The standard InChI is InChI=1S/C14H17N3O.ClH/c18-14-9-11(10-17-7-5-15-6-8-17)16-13-4-2-1-3-12(13)14;/h1-4,9,15H,5-8,10H2,(H,16,18);1H. The lowest BCUT2D eigenvalue weighted by Crippen LogP contribution is -2.43. The molecule has 0 amide bonds. The van der Waals surface area contributed by atoms with Crippen molar-refractivity contribution in [1.29, 1.82) is 0 Å².